The third-order valence-corrected chi connectivity index (χ3v) is 6.69. The van der Waals surface area contributed by atoms with Crippen molar-refractivity contribution in [2.45, 2.75) is 32.7 Å². The number of nitro groups is 1. The zero-order valence-corrected chi connectivity index (χ0v) is 18.4. The van der Waals surface area contributed by atoms with Gasteiger partial charge in [0.2, 0.25) is 5.91 Å². The highest BCUT2D eigenvalue weighted by molar-refractivity contribution is 7.20. The summed E-state index contributed by atoms with van der Waals surface area (Å²) >= 11 is 1.36. The summed E-state index contributed by atoms with van der Waals surface area (Å²) in [5.41, 5.74) is 2.14. The Balaban J connectivity index is 1.63. The Hall–Kier alpha value is -3.53. The first-order chi connectivity index (χ1) is 15.4. The van der Waals surface area contributed by atoms with Crippen LogP contribution >= 0.6 is 11.3 Å². The summed E-state index contributed by atoms with van der Waals surface area (Å²) in [6.07, 6.45) is 5.36. The molecule has 0 atom stereocenters. The minimum absolute atomic E-state index is 0.0781. The molecule has 0 aliphatic carbocycles. The number of anilines is 1. The Labute approximate surface area is 188 Å². The van der Waals surface area contributed by atoms with Crippen LogP contribution in [0.5, 0.6) is 0 Å². The standard InChI is InChI=1S/C22H23N5O4S/c1-15-19(22(29)25-10-6-3-7-11-25)21(32-20(15)16-8-4-2-5-9-16)24-18(28)14-26-13-17(12-23-26)27(30)31/h2,4-5,8-9,12-13H,3,6-7,10-11,14H2,1H3,(H,24,28). The average Bonchev–Trinajstić information content (AvgIpc) is 3.39. The molecule has 2 amide bonds. The molecular weight excluding hydrogens is 430 g/mol. The summed E-state index contributed by atoms with van der Waals surface area (Å²) in [6.45, 7) is 3.13. The van der Waals surface area contributed by atoms with E-state index in [4.69, 9.17) is 0 Å². The summed E-state index contributed by atoms with van der Waals surface area (Å²) in [5.74, 6) is -0.484. The summed E-state index contributed by atoms with van der Waals surface area (Å²) in [4.78, 5) is 39.2. The Morgan fingerprint density at radius 1 is 1.19 bits per heavy atom. The van der Waals surface area contributed by atoms with Crippen molar-refractivity contribution in [1.82, 2.24) is 14.7 Å². The van der Waals surface area contributed by atoms with Crippen molar-refractivity contribution in [3.05, 3.63) is 64.0 Å². The second-order valence-corrected chi connectivity index (χ2v) is 8.70. The number of nitrogens with one attached hydrogen (secondary N) is 1. The maximum absolute atomic E-state index is 13.4. The lowest BCUT2D eigenvalue weighted by Gasteiger charge is -2.27. The van der Waals surface area contributed by atoms with Gasteiger partial charge in [-0.3, -0.25) is 24.4 Å². The topological polar surface area (TPSA) is 110 Å². The fourth-order valence-electron chi connectivity index (χ4n) is 3.83. The number of carbonyl (C=O) groups excluding carboxylic acids is 2. The van der Waals surface area contributed by atoms with E-state index in [-0.39, 0.29) is 18.1 Å². The van der Waals surface area contributed by atoms with Crippen LogP contribution in [0.3, 0.4) is 0 Å². The number of carbonyl (C=O) groups is 2. The molecule has 2 aromatic heterocycles. The molecule has 32 heavy (non-hydrogen) atoms. The molecule has 4 rings (SSSR count). The van der Waals surface area contributed by atoms with Crippen LogP contribution in [0.15, 0.2) is 42.7 Å². The molecule has 9 nitrogen and oxygen atoms in total. The molecule has 3 aromatic rings. The Morgan fingerprint density at radius 2 is 1.91 bits per heavy atom. The SMILES string of the molecule is Cc1c(-c2ccccc2)sc(NC(=O)Cn2cc([N+](=O)[O-])cn2)c1C(=O)N1CCCCC1. The van der Waals surface area contributed by atoms with Gasteiger partial charge >= 0.3 is 5.69 Å². The number of hydrogen-bond donors (Lipinski definition) is 1. The van der Waals surface area contributed by atoms with E-state index < -0.39 is 10.8 Å². The van der Waals surface area contributed by atoms with Gasteiger partial charge in [-0.2, -0.15) is 5.10 Å². The number of hydrogen-bond acceptors (Lipinski definition) is 6. The molecule has 0 spiro atoms. The Bertz CT molecular complexity index is 1150. The number of piperidine rings is 1. The van der Waals surface area contributed by atoms with E-state index >= 15 is 0 Å². The predicted molar refractivity (Wildman–Crippen MR) is 122 cm³/mol. The number of rotatable bonds is 6. The number of nitrogens with zero attached hydrogens (tertiary/aromatic N) is 4. The van der Waals surface area contributed by atoms with Crippen LogP contribution in [0.1, 0.15) is 35.2 Å². The maximum atomic E-state index is 13.4. The minimum atomic E-state index is -0.564. The van der Waals surface area contributed by atoms with E-state index in [1.165, 1.54) is 22.2 Å². The molecule has 0 unspecified atom stereocenters. The maximum Gasteiger partial charge on any atom is 0.307 e. The molecule has 3 heterocycles. The van der Waals surface area contributed by atoms with Gasteiger partial charge in [0.25, 0.3) is 5.91 Å². The fourth-order valence-corrected chi connectivity index (χ4v) is 5.05. The van der Waals surface area contributed by atoms with E-state index in [9.17, 15) is 19.7 Å². The number of thiophene rings is 1. The van der Waals surface area contributed by atoms with Crippen molar-refractivity contribution < 1.29 is 14.5 Å². The number of amides is 2. The monoisotopic (exact) mass is 453 g/mol. The van der Waals surface area contributed by atoms with Crippen molar-refractivity contribution >= 4 is 33.8 Å². The van der Waals surface area contributed by atoms with Crippen LogP contribution in [-0.2, 0) is 11.3 Å². The minimum Gasteiger partial charge on any atom is -0.339 e. The number of aromatic nitrogens is 2. The Morgan fingerprint density at radius 3 is 2.56 bits per heavy atom. The molecule has 0 bridgehead atoms. The van der Waals surface area contributed by atoms with E-state index in [0.717, 1.165) is 41.5 Å². The Kier molecular flexibility index (Phi) is 6.31. The van der Waals surface area contributed by atoms with Crippen molar-refractivity contribution in [3.8, 4) is 10.4 Å². The first kappa shape index (κ1) is 21.7. The molecule has 1 saturated heterocycles. The van der Waals surface area contributed by atoms with Crippen LogP contribution in [0.4, 0.5) is 10.7 Å². The zero-order valence-electron chi connectivity index (χ0n) is 17.6. The zero-order chi connectivity index (χ0) is 22.7. The lowest BCUT2D eigenvalue weighted by atomic mass is 10.0. The smallest absolute Gasteiger partial charge is 0.307 e. The second kappa shape index (κ2) is 9.31. The molecule has 0 radical (unpaired) electrons. The lowest BCUT2D eigenvalue weighted by molar-refractivity contribution is -0.385. The largest absolute Gasteiger partial charge is 0.339 e. The van der Waals surface area contributed by atoms with Crippen LogP contribution < -0.4 is 5.32 Å². The molecule has 1 N–H and O–H groups in total. The van der Waals surface area contributed by atoms with Crippen LogP contribution in [0.25, 0.3) is 10.4 Å². The molecule has 1 fully saturated rings. The molecule has 1 aliphatic heterocycles. The van der Waals surface area contributed by atoms with Crippen molar-refractivity contribution in [3.63, 3.8) is 0 Å². The first-order valence-corrected chi connectivity index (χ1v) is 11.2. The van der Waals surface area contributed by atoms with Gasteiger partial charge in [-0.15, -0.1) is 11.3 Å². The van der Waals surface area contributed by atoms with Gasteiger partial charge < -0.3 is 10.2 Å². The summed E-state index contributed by atoms with van der Waals surface area (Å²) < 4.78 is 1.21. The molecule has 10 heteroatoms. The van der Waals surface area contributed by atoms with Crippen LogP contribution in [0.2, 0.25) is 0 Å². The van der Waals surface area contributed by atoms with Crippen molar-refractivity contribution in [1.29, 1.82) is 0 Å². The van der Waals surface area contributed by atoms with E-state index in [2.05, 4.69) is 10.4 Å². The number of likely N-dealkylation sites (tertiary alicyclic amines) is 1. The van der Waals surface area contributed by atoms with E-state index in [1.54, 1.807) is 0 Å². The third kappa shape index (κ3) is 4.54. The lowest BCUT2D eigenvalue weighted by Crippen LogP contribution is -2.36. The molecule has 1 aliphatic rings. The summed E-state index contributed by atoms with van der Waals surface area (Å²) in [5, 5.41) is 18.0. The van der Waals surface area contributed by atoms with Crippen molar-refractivity contribution in [2.24, 2.45) is 0 Å². The predicted octanol–water partition coefficient (Wildman–Crippen LogP) is 4.09. The van der Waals surface area contributed by atoms with E-state index in [1.807, 2.05) is 42.2 Å². The fraction of sp³-hybridized carbons (Fsp3) is 0.318. The van der Waals surface area contributed by atoms with Crippen molar-refractivity contribution in [2.75, 3.05) is 18.4 Å². The van der Waals surface area contributed by atoms with Gasteiger partial charge in [-0.1, -0.05) is 30.3 Å². The highest BCUT2D eigenvalue weighted by atomic mass is 32.1. The number of benzene rings is 1. The van der Waals surface area contributed by atoms with Gasteiger partial charge in [0.05, 0.1) is 10.5 Å². The third-order valence-electron chi connectivity index (χ3n) is 5.43. The average molecular weight is 454 g/mol. The first-order valence-electron chi connectivity index (χ1n) is 10.4. The summed E-state index contributed by atoms with van der Waals surface area (Å²) in [6, 6.07) is 9.75. The van der Waals surface area contributed by atoms with Gasteiger partial charge in [-0.25, -0.2) is 0 Å². The van der Waals surface area contributed by atoms with Gasteiger partial charge in [0, 0.05) is 18.0 Å². The van der Waals surface area contributed by atoms with Gasteiger partial charge in [-0.05, 0) is 37.3 Å². The summed E-state index contributed by atoms with van der Waals surface area (Å²) in [7, 11) is 0. The highest BCUT2D eigenvalue weighted by Gasteiger charge is 2.28. The second-order valence-electron chi connectivity index (χ2n) is 7.68. The molecular formula is C22H23N5O4S. The van der Waals surface area contributed by atoms with Gasteiger partial charge in [0.1, 0.15) is 23.9 Å². The van der Waals surface area contributed by atoms with Gasteiger partial charge in [0.15, 0.2) is 0 Å². The molecule has 166 valence electrons. The molecule has 0 saturated carbocycles. The van der Waals surface area contributed by atoms with E-state index in [0.29, 0.717) is 23.7 Å². The quantitative estimate of drug-likeness (QED) is 0.446. The highest BCUT2D eigenvalue weighted by Crippen LogP contribution is 2.40. The normalized spacial score (nSPS) is 13.7. The van der Waals surface area contributed by atoms with Crippen LogP contribution in [0, 0.1) is 17.0 Å². The molecule has 1 aromatic carbocycles. The van der Waals surface area contributed by atoms with Crippen LogP contribution in [-0.4, -0.2) is 44.5 Å².